The third-order valence-corrected chi connectivity index (χ3v) is 5.09. The highest BCUT2D eigenvalue weighted by Gasteiger charge is 2.41. The average molecular weight is 306 g/mol. The molecular formula is C17H20ClNO2. The van der Waals surface area contributed by atoms with Crippen LogP contribution in [-0.2, 0) is 9.59 Å². The van der Waals surface area contributed by atoms with Crippen LogP contribution in [0.25, 0.3) is 0 Å². The largest absolute Gasteiger partial charge is 0.296 e. The van der Waals surface area contributed by atoms with Crippen molar-refractivity contribution < 1.29 is 9.59 Å². The molecule has 2 atom stereocenters. The molecule has 3 rings (SSSR count). The second kappa shape index (κ2) is 6.18. The molecular weight excluding hydrogens is 286 g/mol. The summed E-state index contributed by atoms with van der Waals surface area (Å²) in [6.07, 6.45) is 6.39. The van der Waals surface area contributed by atoms with Gasteiger partial charge in [0.15, 0.2) is 0 Å². The van der Waals surface area contributed by atoms with Gasteiger partial charge in [-0.05, 0) is 29.5 Å². The van der Waals surface area contributed by atoms with E-state index in [1.54, 1.807) is 0 Å². The van der Waals surface area contributed by atoms with Gasteiger partial charge in [0.05, 0.1) is 5.92 Å². The Kier molecular flexibility index (Phi) is 4.29. The third-order valence-electron chi connectivity index (χ3n) is 4.86. The number of hydrogen-bond donors (Lipinski definition) is 1. The SMILES string of the molecule is O=C1CC(C2CCCCC2)C(c2cccc(Cl)c2)C(=O)N1. The van der Waals surface area contributed by atoms with Gasteiger partial charge < -0.3 is 0 Å². The molecule has 1 aromatic carbocycles. The number of rotatable bonds is 2. The summed E-state index contributed by atoms with van der Waals surface area (Å²) in [5.74, 6) is 0.0465. The number of piperidine rings is 1. The molecule has 1 aromatic rings. The lowest BCUT2D eigenvalue weighted by Gasteiger charge is -2.37. The molecule has 1 saturated heterocycles. The first-order valence-corrected chi connectivity index (χ1v) is 8.12. The van der Waals surface area contributed by atoms with Crippen molar-refractivity contribution in [1.82, 2.24) is 5.32 Å². The van der Waals surface area contributed by atoms with Gasteiger partial charge >= 0.3 is 0 Å². The van der Waals surface area contributed by atoms with Crippen LogP contribution in [0.15, 0.2) is 24.3 Å². The lowest BCUT2D eigenvalue weighted by molar-refractivity contribution is -0.137. The van der Waals surface area contributed by atoms with Crippen molar-refractivity contribution >= 4 is 23.4 Å². The molecule has 2 unspecified atom stereocenters. The Hall–Kier alpha value is -1.35. The maximum Gasteiger partial charge on any atom is 0.234 e. The lowest BCUT2D eigenvalue weighted by Crippen LogP contribution is -2.46. The fourth-order valence-corrected chi connectivity index (χ4v) is 4.09. The van der Waals surface area contributed by atoms with Crippen LogP contribution in [-0.4, -0.2) is 11.8 Å². The van der Waals surface area contributed by atoms with E-state index in [0.29, 0.717) is 17.4 Å². The van der Waals surface area contributed by atoms with E-state index in [1.807, 2.05) is 24.3 Å². The molecule has 21 heavy (non-hydrogen) atoms. The average Bonchev–Trinajstić information content (AvgIpc) is 2.47. The van der Waals surface area contributed by atoms with Gasteiger partial charge in [0.2, 0.25) is 11.8 Å². The van der Waals surface area contributed by atoms with E-state index in [2.05, 4.69) is 5.32 Å². The van der Waals surface area contributed by atoms with Crippen LogP contribution in [0.5, 0.6) is 0 Å². The van der Waals surface area contributed by atoms with Crippen molar-refractivity contribution in [3.8, 4) is 0 Å². The number of carbonyl (C=O) groups is 2. The molecule has 0 aromatic heterocycles. The van der Waals surface area contributed by atoms with Crippen molar-refractivity contribution in [2.45, 2.75) is 44.4 Å². The van der Waals surface area contributed by atoms with E-state index < -0.39 is 0 Å². The Morgan fingerprint density at radius 2 is 1.86 bits per heavy atom. The predicted molar refractivity (Wildman–Crippen MR) is 82.0 cm³/mol. The minimum Gasteiger partial charge on any atom is -0.296 e. The Morgan fingerprint density at radius 3 is 2.57 bits per heavy atom. The molecule has 4 heteroatoms. The van der Waals surface area contributed by atoms with Crippen LogP contribution in [0.4, 0.5) is 0 Å². The van der Waals surface area contributed by atoms with E-state index in [4.69, 9.17) is 11.6 Å². The smallest absolute Gasteiger partial charge is 0.234 e. The summed E-state index contributed by atoms with van der Waals surface area (Å²) in [6.45, 7) is 0. The Morgan fingerprint density at radius 1 is 1.10 bits per heavy atom. The Labute approximate surface area is 130 Å². The molecule has 2 fully saturated rings. The van der Waals surface area contributed by atoms with Gasteiger partial charge in [-0.2, -0.15) is 0 Å². The Balaban J connectivity index is 1.92. The normalized spacial score (nSPS) is 27.5. The molecule has 0 radical (unpaired) electrons. The number of halogens is 1. The molecule has 1 aliphatic heterocycles. The van der Waals surface area contributed by atoms with Crippen LogP contribution in [0.2, 0.25) is 5.02 Å². The van der Waals surface area contributed by atoms with Crippen LogP contribution >= 0.6 is 11.6 Å². The maximum atomic E-state index is 12.4. The molecule has 1 heterocycles. The minimum atomic E-state index is -0.246. The first kappa shape index (κ1) is 14.6. The second-order valence-electron chi connectivity index (χ2n) is 6.21. The van der Waals surface area contributed by atoms with Gasteiger partial charge in [-0.15, -0.1) is 0 Å². The van der Waals surface area contributed by atoms with Gasteiger partial charge in [-0.25, -0.2) is 0 Å². The zero-order valence-electron chi connectivity index (χ0n) is 12.0. The quantitative estimate of drug-likeness (QED) is 0.847. The van der Waals surface area contributed by atoms with Crippen LogP contribution in [0, 0.1) is 11.8 Å². The number of hydrogen-bond acceptors (Lipinski definition) is 2. The number of nitrogens with one attached hydrogen (secondary N) is 1. The van der Waals surface area contributed by atoms with Crippen LogP contribution < -0.4 is 5.32 Å². The summed E-state index contributed by atoms with van der Waals surface area (Å²) in [5.41, 5.74) is 0.933. The van der Waals surface area contributed by atoms with Gasteiger partial charge in [0.1, 0.15) is 0 Å². The van der Waals surface area contributed by atoms with E-state index >= 15 is 0 Å². The number of benzene rings is 1. The molecule has 2 amide bonds. The fourth-order valence-electron chi connectivity index (χ4n) is 3.89. The van der Waals surface area contributed by atoms with Crippen molar-refractivity contribution in [3.63, 3.8) is 0 Å². The molecule has 1 aliphatic carbocycles. The van der Waals surface area contributed by atoms with Crippen LogP contribution in [0.1, 0.15) is 50.0 Å². The first-order chi connectivity index (χ1) is 10.1. The number of carbonyl (C=O) groups excluding carboxylic acids is 2. The zero-order valence-corrected chi connectivity index (χ0v) is 12.7. The Bertz CT molecular complexity index is 551. The lowest BCUT2D eigenvalue weighted by atomic mass is 9.69. The molecule has 2 aliphatic rings. The highest BCUT2D eigenvalue weighted by atomic mass is 35.5. The van der Waals surface area contributed by atoms with E-state index in [0.717, 1.165) is 18.4 Å². The molecule has 1 saturated carbocycles. The fraction of sp³-hybridized carbons (Fsp3) is 0.529. The molecule has 1 N–H and O–H groups in total. The second-order valence-corrected chi connectivity index (χ2v) is 6.65. The predicted octanol–water partition coefficient (Wildman–Crippen LogP) is 3.67. The summed E-state index contributed by atoms with van der Waals surface area (Å²) < 4.78 is 0. The maximum absolute atomic E-state index is 12.4. The highest BCUT2D eigenvalue weighted by Crippen LogP contribution is 2.42. The summed E-state index contributed by atoms with van der Waals surface area (Å²) in [5, 5.41) is 3.13. The van der Waals surface area contributed by atoms with E-state index in [-0.39, 0.29) is 23.7 Å². The summed E-state index contributed by atoms with van der Waals surface area (Å²) in [6, 6.07) is 7.49. The van der Waals surface area contributed by atoms with Crippen LogP contribution in [0.3, 0.4) is 0 Å². The zero-order chi connectivity index (χ0) is 14.8. The minimum absolute atomic E-state index is 0.116. The van der Waals surface area contributed by atoms with Gasteiger partial charge in [0, 0.05) is 11.4 Å². The molecule has 0 bridgehead atoms. The van der Waals surface area contributed by atoms with E-state index in [1.165, 1.54) is 19.3 Å². The van der Waals surface area contributed by atoms with Crippen molar-refractivity contribution in [1.29, 1.82) is 0 Å². The standard InChI is InChI=1S/C17H20ClNO2/c18-13-8-4-7-12(9-13)16-14(10-15(20)19-17(16)21)11-5-2-1-3-6-11/h4,7-9,11,14,16H,1-3,5-6,10H2,(H,19,20,21). The van der Waals surface area contributed by atoms with Crippen molar-refractivity contribution in [2.75, 3.05) is 0 Å². The summed E-state index contributed by atoms with van der Waals surface area (Å²) >= 11 is 6.08. The molecule has 0 spiro atoms. The van der Waals surface area contributed by atoms with Gasteiger partial charge in [0.25, 0.3) is 0 Å². The van der Waals surface area contributed by atoms with Gasteiger partial charge in [-0.1, -0.05) is 55.8 Å². The molecule has 112 valence electrons. The topological polar surface area (TPSA) is 46.2 Å². The van der Waals surface area contributed by atoms with Crippen molar-refractivity contribution in [3.05, 3.63) is 34.9 Å². The molecule has 3 nitrogen and oxygen atoms in total. The summed E-state index contributed by atoms with van der Waals surface area (Å²) in [7, 11) is 0. The highest BCUT2D eigenvalue weighted by molar-refractivity contribution is 6.30. The van der Waals surface area contributed by atoms with E-state index in [9.17, 15) is 9.59 Å². The number of amides is 2. The first-order valence-electron chi connectivity index (χ1n) is 7.74. The van der Waals surface area contributed by atoms with Crippen molar-refractivity contribution in [2.24, 2.45) is 11.8 Å². The summed E-state index contributed by atoms with van der Waals surface area (Å²) in [4.78, 5) is 24.2. The monoisotopic (exact) mass is 305 g/mol. The third kappa shape index (κ3) is 3.13. The number of imide groups is 1. The van der Waals surface area contributed by atoms with Gasteiger partial charge in [-0.3, -0.25) is 14.9 Å².